The van der Waals surface area contributed by atoms with Gasteiger partial charge in [0.1, 0.15) is 0 Å². The Morgan fingerprint density at radius 2 is 1.86 bits per heavy atom. The molecule has 14 heavy (non-hydrogen) atoms. The number of hydrogen-bond donors (Lipinski definition) is 2. The summed E-state index contributed by atoms with van der Waals surface area (Å²) in [6, 6.07) is 0.221. The van der Waals surface area contributed by atoms with Gasteiger partial charge >= 0.3 is 0 Å². The van der Waals surface area contributed by atoms with Crippen LogP contribution in [-0.4, -0.2) is 23.8 Å². The van der Waals surface area contributed by atoms with E-state index >= 15 is 0 Å². The van der Waals surface area contributed by atoms with E-state index in [1.54, 1.807) is 0 Å². The van der Waals surface area contributed by atoms with Gasteiger partial charge in [-0.25, -0.2) is 0 Å². The van der Waals surface area contributed by atoms with Crippen LogP contribution in [0.1, 0.15) is 52.9 Å². The lowest BCUT2D eigenvalue weighted by atomic mass is 9.83. The standard InChI is InChI=1S/C12H25NO/c1-4-12(7-5-6-8-12)9-13-10(2)11(3)14/h10-11,13-14H,4-9H2,1-3H3. The van der Waals surface area contributed by atoms with E-state index in [-0.39, 0.29) is 12.1 Å². The fraction of sp³-hybridized carbons (Fsp3) is 1.00. The van der Waals surface area contributed by atoms with Gasteiger partial charge in [-0.15, -0.1) is 0 Å². The van der Waals surface area contributed by atoms with Gasteiger partial charge in [-0.3, -0.25) is 0 Å². The molecule has 0 bridgehead atoms. The van der Waals surface area contributed by atoms with Crippen molar-refractivity contribution in [2.24, 2.45) is 5.41 Å². The Kier molecular flexibility index (Phi) is 4.39. The van der Waals surface area contributed by atoms with Crippen LogP contribution in [0.2, 0.25) is 0 Å². The summed E-state index contributed by atoms with van der Waals surface area (Å²) in [5, 5.41) is 12.9. The highest BCUT2D eigenvalue weighted by Gasteiger charge is 2.32. The maximum Gasteiger partial charge on any atom is 0.0662 e. The van der Waals surface area contributed by atoms with Crippen LogP contribution in [0.25, 0.3) is 0 Å². The molecule has 0 aliphatic heterocycles. The number of rotatable bonds is 5. The Bertz CT molecular complexity index is 162. The summed E-state index contributed by atoms with van der Waals surface area (Å²) in [6.07, 6.45) is 6.53. The summed E-state index contributed by atoms with van der Waals surface area (Å²) in [6.45, 7) is 7.28. The lowest BCUT2D eigenvalue weighted by molar-refractivity contribution is 0.139. The lowest BCUT2D eigenvalue weighted by Crippen LogP contribution is -2.41. The number of aliphatic hydroxyl groups is 1. The van der Waals surface area contributed by atoms with Crippen LogP contribution in [0.5, 0.6) is 0 Å². The van der Waals surface area contributed by atoms with E-state index in [2.05, 4.69) is 19.2 Å². The third kappa shape index (κ3) is 2.96. The molecule has 0 heterocycles. The molecular formula is C12H25NO. The Labute approximate surface area is 88.1 Å². The first-order valence-corrected chi connectivity index (χ1v) is 6.01. The van der Waals surface area contributed by atoms with Crippen LogP contribution in [0.3, 0.4) is 0 Å². The Hall–Kier alpha value is -0.0800. The summed E-state index contributed by atoms with van der Waals surface area (Å²) in [5.74, 6) is 0. The van der Waals surface area contributed by atoms with E-state index in [9.17, 15) is 5.11 Å². The van der Waals surface area contributed by atoms with Gasteiger partial charge in [0, 0.05) is 12.6 Å². The zero-order valence-corrected chi connectivity index (χ0v) is 9.84. The number of nitrogens with one attached hydrogen (secondary N) is 1. The fourth-order valence-corrected chi connectivity index (χ4v) is 2.33. The molecule has 84 valence electrons. The van der Waals surface area contributed by atoms with Crippen LogP contribution in [0, 0.1) is 5.41 Å². The first-order chi connectivity index (χ1) is 6.59. The zero-order chi connectivity index (χ0) is 10.6. The molecule has 2 nitrogen and oxygen atoms in total. The molecule has 2 N–H and O–H groups in total. The van der Waals surface area contributed by atoms with Crippen LogP contribution < -0.4 is 5.32 Å². The molecule has 0 radical (unpaired) electrons. The van der Waals surface area contributed by atoms with Gasteiger partial charge in [0.2, 0.25) is 0 Å². The third-order valence-corrected chi connectivity index (χ3v) is 3.94. The van der Waals surface area contributed by atoms with Crippen molar-refractivity contribution in [3.8, 4) is 0 Å². The molecule has 0 saturated heterocycles. The molecule has 2 heteroatoms. The predicted molar refractivity (Wildman–Crippen MR) is 60.3 cm³/mol. The van der Waals surface area contributed by atoms with Crippen molar-refractivity contribution in [1.82, 2.24) is 5.32 Å². The van der Waals surface area contributed by atoms with Crippen LogP contribution >= 0.6 is 0 Å². The van der Waals surface area contributed by atoms with Crippen LogP contribution in [-0.2, 0) is 0 Å². The second kappa shape index (κ2) is 5.13. The Balaban J connectivity index is 2.34. The Morgan fingerprint density at radius 3 is 2.29 bits per heavy atom. The molecule has 1 aliphatic carbocycles. The molecule has 1 saturated carbocycles. The van der Waals surface area contributed by atoms with E-state index in [1.807, 2.05) is 6.92 Å². The lowest BCUT2D eigenvalue weighted by Gasteiger charge is -2.30. The van der Waals surface area contributed by atoms with Crippen LogP contribution in [0.15, 0.2) is 0 Å². The topological polar surface area (TPSA) is 32.3 Å². The van der Waals surface area contributed by atoms with Crippen LogP contribution in [0.4, 0.5) is 0 Å². The van der Waals surface area contributed by atoms with Gasteiger partial charge in [0.25, 0.3) is 0 Å². The van der Waals surface area contributed by atoms with Gasteiger partial charge in [-0.2, -0.15) is 0 Å². The fourth-order valence-electron chi connectivity index (χ4n) is 2.33. The van der Waals surface area contributed by atoms with Crippen molar-refractivity contribution in [3.63, 3.8) is 0 Å². The maximum absolute atomic E-state index is 9.39. The maximum atomic E-state index is 9.39. The zero-order valence-electron chi connectivity index (χ0n) is 9.84. The molecule has 0 spiro atoms. The minimum Gasteiger partial charge on any atom is -0.392 e. The second-order valence-corrected chi connectivity index (χ2v) is 4.97. The molecule has 0 aromatic carbocycles. The summed E-state index contributed by atoms with van der Waals surface area (Å²) in [4.78, 5) is 0. The molecule has 2 atom stereocenters. The molecular weight excluding hydrogens is 174 g/mol. The van der Waals surface area contributed by atoms with E-state index in [0.717, 1.165) is 6.54 Å². The monoisotopic (exact) mass is 199 g/mol. The first kappa shape index (κ1) is 12.0. The number of aliphatic hydroxyl groups excluding tert-OH is 1. The van der Waals surface area contributed by atoms with Crippen molar-refractivity contribution < 1.29 is 5.11 Å². The van der Waals surface area contributed by atoms with Gasteiger partial charge in [-0.05, 0) is 38.5 Å². The highest BCUT2D eigenvalue weighted by Crippen LogP contribution is 2.40. The molecule has 0 aromatic rings. The smallest absolute Gasteiger partial charge is 0.0662 e. The summed E-state index contributed by atoms with van der Waals surface area (Å²) < 4.78 is 0. The minimum absolute atomic E-state index is 0.221. The number of hydrogen-bond acceptors (Lipinski definition) is 2. The quantitative estimate of drug-likeness (QED) is 0.712. The molecule has 2 unspecified atom stereocenters. The average Bonchev–Trinajstić information content (AvgIpc) is 2.63. The summed E-state index contributed by atoms with van der Waals surface area (Å²) in [7, 11) is 0. The first-order valence-electron chi connectivity index (χ1n) is 6.01. The molecule has 1 fully saturated rings. The molecule has 1 aliphatic rings. The summed E-state index contributed by atoms with van der Waals surface area (Å²) >= 11 is 0. The van der Waals surface area contributed by atoms with Crippen molar-refractivity contribution >= 4 is 0 Å². The minimum atomic E-state index is -0.245. The SMILES string of the molecule is CCC1(CNC(C)C(C)O)CCCC1. The van der Waals surface area contributed by atoms with E-state index in [4.69, 9.17) is 0 Å². The molecule has 0 aromatic heterocycles. The van der Waals surface area contributed by atoms with Gasteiger partial charge in [0.15, 0.2) is 0 Å². The normalized spacial score (nSPS) is 24.9. The Morgan fingerprint density at radius 1 is 1.29 bits per heavy atom. The summed E-state index contributed by atoms with van der Waals surface area (Å²) in [5.41, 5.74) is 0.531. The van der Waals surface area contributed by atoms with Crippen molar-refractivity contribution in [3.05, 3.63) is 0 Å². The van der Waals surface area contributed by atoms with Crippen molar-refractivity contribution in [2.45, 2.75) is 65.0 Å². The second-order valence-electron chi connectivity index (χ2n) is 4.97. The average molecular weight is 199 g/mol. The van der Waals surface area contributed by atoms with E-state index in [0.29, 0.717) is 5.41 Å². The van der Waals surface area contributed by atoms with E-state index in [1.165, 1.54) is 32.1 Å². The van der Waals surface area contributed by atoms with Gasteiger partial charge in [-0.1, -0.05) is 19.8 Å². The van der Waals surface area contributed by atoms with Gasteiger partial charge < -0.3 is 10.4 Å². The van der Waals surface area contributed by atoms with Gasteiger partial charge in [0.05, 0.1) is 6.10 Å². The molecule has 1 rings (SSSR count). The highest BCUT2D eigenvalue weighted by molar-refractivity contribution is 4.86. The third-order valence-electron chi connectivity index (χ3n) is 3.94. The van der Waals surface area contributed by atoms with E-state index < -0.39 is 0 Å². The largest absolute Gasteiger partial charge is 0.392 e. The van der Waals surface area contributed by atoms with Crippen molar-refractivity contribution in [1.29, 1.82) is 0 Å². The van der Waals surface area contributed by atoms with Crippen molar-refractivity contribution in [2.75, 3.05) is 6.54 Å². The predicted octanol–water partition coefficient (Wildman–Crippen LogP) is 2.32. The highest BCUT2D eigenvalue weighted by atomic mass is 16.3. The molecule has 0 amide bonds.